The minimum atomic E-state index is -0.458. The van der Waals surface area contributed by atoms with Crippen molar-refractivity contribution in [3.8, 4) is 0 Å². The predicted molar refractivity (Wildman–Crippen MR) is 75.9 cm³/mol. The smallest absolute Gasteiger partial charge is 0.0841 e. The van der Waals surface area contributed by atoms with Crippen molar-refractivity contribution >= 4 is 11.3 Å². The number of aliphatic hydroxyl groups excluding tert-OH is 1. The van der Waals surface area contributed by atoms with Gasteiger partial charge >= 0.3 is 0 Å². The molecule has 1 unspecified atom stereocenters. The summed E-state index contributed by atoms with van der Waals surface area (Å²) in [7, 11) is 0. The van der Waals surface area contributed by atoms with Crippen molar-refractivity contribution in [1.82, 2.24) is 4.98 Å². The zero-order valence-electron chi connectivity index (χ0n) is 11.1. The van der Waals surface area contributed by atoms with Crippen molar-refractivity contribution in [2.75, 3.05) is 0 Å². The summed E-state index contributed by atoms with van der Waals surface area (Å²) in [6, 6.07) is 8.14. The summed E-state index contributed by atoms with van der Waals surface area (Å²) in [6.07, 6.45) is 2.01. The molecule has 3 heteroatoms. The minimum absolute atomic E-state index is 0.0469. The molecule has 1 N–H and O–H groups in total. The first kappa shape index (κ1) is 13.2. The lowest BCUT2D eigenvalue weighted by atomic mass is 9.82. The lowest BCUT2D eigenvalue weighted by Crippen LogP contribution is -2.16. The number of aliphatic hydroxyl groups is 1. The molecule has 0 aliphatic heterocycles. The summed E-state index contributed by atoms with van der Waals surface area (Å²) < 4.78 is 0. The molecule has 18 heavy (non-hydrogen) atoms. The lowest BCUT2D eigenvalue weighted by molar-refractivity contribution is 0.177. The second-order valence-corrected chi connectivity index (χ2v) is 6.50. The molecular formula is C15H19NOS. The summed E-state index contributed by atoms with van der Waals surface area (Å²) in [4.78, 5) is 5.16. The zero-order valence-corrected chi connectivity index (χ0v) is 11.9. The van der Waals surface area contributed by atoms with E-state index < -0.39 is 6.10 Å². The number of hydrogen-bond donors (Lipinski definition) is 1. The topological polar surface area (TPSA) is 33.1 Å². The van der Waals surface area contributed by atoms with Gasteiger partial charge in [-0.3, -0.25) is 4.98 Å². The van der Waals surface area contributed by atoms with E-state index in [0.29, 0.717) is 6.42 Å². The Hall–Kier alpha value is -1.19. The van der Waals surface area contributed by atoms with Gasteiger partial charge in [0.1, 0.15) is 0 Å². The van der Waals surface area contributed by atoms with Gasteiger partial charge in [-0.25, -0.2) is 0 Å². The van der Waals surface area contributed by atoms with Gasteiger partial charge in [0.2, 0.25) is 0 Å². The number of benzene rings is 1. The normalized spacial score (nSPS) is 13.6. The summed E-state index contributed by atoms with van der Waals surface area (Å²) in [5.74, 6) is 0. The van der Waals surface area contributed by atoms with Crippen molar-refractivity contribution < 1.29 is 5.11 Å². The van der Waals surface area contributed by atoms with Gasteiger partial charge in [0.05, 0.1) is 11.6 Å². The molecule has 0 bridgehead atoms. The van der Waals surface area contributed by atoms with E-state index in [1.165, 1.54) is 5.56 Å². The summed E-state index contributed by atoms with van der Waals surface area (Å²) in [5, 5.41) is 10.4. The molecule has 2 nitrogen and oxygen atoms in total. The maximum Gasteiger partial charge on any atom is 0.0841 e. The maximum absolute atomic E-state index is 10.4. The number of aromatic nitrogens is 1. The van der Waals surface area contributed by atoms with Crippen LogP contribution in [0.3, 0.4) is 0 Å². The van der Waals surface area contributed by atoms with Crippen molar-refractivity contribution in [3.05, 3.63) is 52.0 Å². The van der Waals surface area contributed by atoms with Gasteiger partial charge in [0.25, 0.3) is 0 Å². The molecule has 0 spiro atoms. The third-order valence-electron chi connectivity index (χ3n) is 3.01. The van der Waals surface area contributed by atoms with Crippen LogP contribution in [-0.4, -0.2) is 10.1 Å². The van der Waals surface area contributed by atoms with Crippen LogP contribution in [0.1, 0.15) is 42.9 Å². The third-order valence-corrected chi connectivity index (χ3v) is 3.81. The fourth-order valence-electron chi connectivity index (χ4n) is 2.11. The Morgan fingerprint density at radius 2 is 2.00 bits per heavy atom. The highest BCUT2D eigenvalue weighted by Gasteiger charge is 2.21. The molecule has 2 aromatic rings. The molecule has 0 fully saturated rings. The molecule has 0 saturated carbocycles. The first-order valence-electron chi connectivity index (χ1n) is 6.13. The van der Waals surface area contributed by atoms with E-state index in [1.807, 2.05) is 24.4 Å². The van der Waals surface area contributed by atoms with Gasteiger partial charge in [-0.2, -0.15) is 0 Å². The van der Waals surface area contributed by atoms with Gasteiger partial charge < -0.3 is 5.11 Å². The summed E-state index contributed by atoms with van der Waals surface area (Å²) >= 11 is 1.59. The van der Waals surface area contributed by atoms with Crippen LogP contribution < -0.4 is 0 Å². The van der Waals surface area contributed by atoms with Gasteiger partial charge in [-0.1, -0.05) is 45.0 Å². The predicted octanol–water partition coefficient (Wildman–Crippen LogP) is 3.72. The van der Waals surface area contributed by atoms with Gasteiger partial charge in [0, 0.05) is 17.5 Å². The van der Waals surface area contributed by atoms with Crippen molar-refractivity contribution in [3.63, 3.8) is 0 Å². The molecule has 1 atom stereocenters. The first-order chi connectivity index (χ1) is 8.48. The Morgan fingerprint density at radius 1 is 1.28 bits per heavy atom. The molecule has 2 rings (SSSR count). The van der Waals surface area contributed by atoms with Crippen molar-refractivity contribution in [1.29, 1.82) is 0 Å². The molecule has 1 heterocycles. The fraction of sp³-hybridized carbons (Fsp3) is 0.400. The zero-order chi connectivity index (χ0) is 13.2. The summed E-state index contributed by atoms with van der Waals surface area (Å²) in [5.41, 5.74) is 4.09. The highest BCUT2D eigenvalue weighted by Crippen LogP contribution is 2.31. The number of nitrogens with zero attached hydrogens (tertiary/aromatic N) is 1. The van der Waals surface area contributed by atoms with E-state index >= 15 is 0 Å². The Balaban J connectivity index is 2.27. The molecule has 0 amide bonds. The largest absolute Gasteiger partial charge is 0.388 e. The van der Waals surface area contributed by atoms with E-state index in [4.69, 9.17) is 0 Å². The van der Waals surface area contributed by atoms with E-state index in [9.17, 15) is 5.11 Å². The van der Waals surface area contributed by atoms with Crippen LogP contribution >= 0.6 is 11.3 Å². The standard InChI is InChI=1S/C15H19NOS/c1-15(2,3)13-7-5-4-6-12(13)14(17)8-11-9-16-10-18-11/h4-7,9-10,14,17H,8H2,1-3H3. The SMILES string of the molecule is CC(C)(C)c1ccccc1C(O)Cc1cncs1. The van der Waals surface area contributed by atoms with E-state index in [1.54, 1.807) is 16.8 Å². The third kappa shape index (κ3) is 2.98. The van der Waals surface area contributed by atoms with Crippen LogP contribution in [0.2, 0.25) is 0 Å². The van der Waals surface area contributed by atoms with Gasteiger partial charge in [0.15, 0.2) is 0 Å². The molecule has 1 aromatic carbocycles. The molecule has 96 valence electrons. The molecule has 0 aliphatic rings. The minimum Gasteiger partial charge on any atom is -0.388 e. The van der Waals surface area contributed by atoms with Gasteiger partial charge in [-0.05, 0) is 16.5 Å². The fourth-order valence-corrected chi connectivity index (χ4v) is 2.75. The summed E-state index contributed by atoms with van der Waals surface area (Å²) in [6.45, 7) is 6.52. The molecule has 0 saturated heterocycles. The van der Waals surface area contributed by atoms with Crippen LogP contribution in [0.4, 0.5) is 0 Å². The van der Waals surface area contributed by atoms with Crippen LogP contribution in [-0.2, 0) is 11.8 Å². The average molecular weight is 261 g/mol. The molecular weight excluding hydrogens is 242 g/mol. The molecule has 1 aromatic heterocycles. The Morgan fingerprint density at radius 3 is 2.61 bits per heavy atom. The van der Waals surface area contributed by atoms with Crippen LogP contribution in [0.5, 0.6) is 0 Å². The average Bonchev–Trinajstić information content (AvgIpc) is 2.80. The van der Waals surface area contributed by atoms with Crippen molar-refractivity contribution in [2.24, 2.45) is 0 Å². The second kappa shape index (κ2) is 5.21. The molecule has 0 aliphatic carbocycles. The highest BCUT2D eigenvalue weighted by atomic mass is 32.1. The highest BCUT2D eigenvalue weighted by molar-refractivity contribution is 7.09. The lowest BCUT2D eigenvalue weighted by Gasteiger charge is -2.25. The monoisotopic (exact) mass is 261 g/mol. The van der Waals surface area contributed by atoms with Crippen molar-refractivity contribution in [2.45, 2.75) is 38.7 Å². The van der Waals surface area contributed by atoms with Crippen LogP contribution in [0, 0.1) is 0 Å². The van der Waals surface area contributed by atoms with Crippen LogP contribution in [0.15, 0.2) is 36.0 Å². The number of hydrogen-bond acceptors (Lipinski definition) is 3. The number of rotatable bonds is 3. The Labute approximate surface area is 112 Å². The quantitative estimate of drug-likeness (QED) is 0.913. The van der Waals surface area contributed by atoms with E-state index in [0.717, 1.165) is 10.4 Å². The Kier molecular flexibility index (Phi) is 3.83. The second-order valence-electron chi connectivity index (χ2n) is 5.52. The van der Waals surface area contributed by atoms with E-state index in [-0.39, 0.29) is 5.41 Å². The Bertz CT molecular complexity index is 499. The molecule has 0 radical (unpaired) electrons. The van der Waals surface area contributed by atoms with Gasteiger partial charge in [-0.15, -0.1) is 11.3 Å². The van der Waals surface area contributed by atoms with E-state index in [2.05, 4.69) is 31.8 Å². The van der Waals surface area contributed by atoms with Crippen LogP contribution in [0.25, 0.3) is 0 Å². The first-order valence-corrected chi connectivity index (χ1v) is 7.01. The maximum atomic E-state index is 10.4. The number of thiazole rings is 1.